The predicted molar refractivity (Wildman–Crippen MR) is 123 cm³/mol. The summed E-state index contributed by atoms with van der Waals surface area (Å²) in [5.41, 5.74) is 6.44. The van der Waals surface area contributed by atoms with Gasteiger partial charge in [0.2, 0.25) is 0 Å². The van der Waals surface area contributed by atoms with E-state index in [1.807, 2.05) is 18.2 Å². The van der Waals surface area contributed by atoms with E-state index in [1.54, 1.807) is 6.07 Å². The molecule has 7 heteroatoms. The third-order valence-corrected chi connectivity index (χ3v) is 3.75. The van der Waals surface area contributed by atoms with E-state index < -0.39 is 5.91 Å². The van der Waals surface area contributed by atoms with E-state index in [1.165, 1.54) is 0 Å². The number of benzene rings is 1. The summed E-state index contributed by atoms with van der Waals surface area (Å²) in [5, 5.41) is 6.74. The zero-order chi connectivity index (χ0) is 19.6. The number of carbonyl (C=O) groups is 1. The van der Waals surface area contributed by atoms with Crippen molar-refractivity contribution in [1.29, 1.82) is 0 Å². The van der Waals surface area contributed by atoms with Gasteiger partial charge in [0.05, 0.1) is 6.54 Å². The van der Waals surface area contributed by atoms with Crippen LogP contribution in [-0.4, -0.2) is 31.1 Å². The Bertz CT molecular complexity index is 600. The summed E-state index contributed by atoms with van der Waals surface area (Å²) < 4.78 is 5.34. The highest BCUT2D eigenvalue weighted by Gasteiger charge is 2.13. The molecule has 0 aliphatic carbocycles. The van der Waals surface area contributed by atoms with Crippen LogP contribution in [0.5, 0.6) is 5.75 Å². The zero-order valence-electron chi connectivity index (χ0n) is 17.2. The van der Waals surface area contributed by atoms with Gasteiger partial charge < -0.3 is 21.1 Å². The molecule has 1 aromatic rings. The van der Waals surface area contributed by atoms with E-state index in [0.29, 0.717) is 23.8 Å². The number of aliphatic imine (C=N–C) groups is 1. The van der Waals surface area contributed by atoms with E-state index in [9.17, 15) is 4.79 Å². The lowest BCUT2D eigenvalue weighted by Crippen LogP contribution is -2.42. The Balaban J connectivity index is 0.00000676. The van der Waals surface area contributed by atoms with Gasteiger partial charge in [-0.3, -0.25) is 4.79 Å². The molecule has 0 radical (unpaired) electrons. The molecule has 0 heterocycles. The van der Waals surface area contributed by atoms with E-state index in [0.717, 1.165) is 30.9 Å². The van der Waals surface area contributed by atoms with E-state index in [2.05, 4.69) is 50.2 Å². The van der Waals surface area contributed by atoms with Gasteiger partial charge in [0.15, 0.2) is 12.6 Å². The predicted octanol–water partition coefficient (Wildman–Crippen LogP) is 3.44. The Morgan fingerprint density at radius 3 is 2.63 bits per heavy atom. The molecule has 1 amide bonds. The summed E-state index contributed by atoms with van der Waals surface area (Å²) in [6.07, 6.45) is 2.24. The highest BCUT2D eigenvalue weighted by molar-refractivity contribution is 14.0. The van der Waals surface area contributed by atoms with E-state index in [-0.39, 0.29) is 30.6 Å². The molecule has 1 unspecified atom stereocenters. The zero-order valence-corrected chi connectivity index (χ0v) is 19.5. The molecule has 0 fully saturated rings. The van der Waals surface area contributed by atoms with E-state index in [4.69, 9.17) is 10.5 Å². The maximum atomic E-state index is 10.8. The second-order valence-electron chi connectivity index (χ2n) is 7.74. The van der Waals surface area contributed by atoms with E-state index >= 15 is 0 Å². The van der Waals surface area contributed by atoms with Crippen LogP contribution < -0.4 is 21.1 Å². The summed E-state index contributed by atoms with van der Waals surface area (Å²) in [7, 11) is 0. The minimum atomic E-state index is -0.490. The normalized spacial score (nSPS) is 12.7. The van der Waals surface area contributed by atoms with Gasteiger partial charge in [-0.05, 0) is 49.8 Å². The van der Waals surface area contributed by atoms with Crippen LogP contribution in [0.15, 0.2) is 29.3 Å². The van der Waals surface area contributed by atoms with Crippen LogP contribution in [0.25, 0.3) is 0 Å². The maximum Gasteiger partial charge on any atom is 0.255 e. The monoisotopic (exact) mass is 490 g/mol. The average Bonchev–Trinajstić information content (AvgIpc) is 2.56. The number of hydrogen-bond donors (Lipinski definition) is 3. The van der Waals surface area contributed by atoms with Crippen molar-refractivity contribution in [2.24, 2.45) is 16.1 Å². The van der Waals surface area contributed by atoms with Crippen molar-refractivity contribution in [3.63, 3.8) is 0 Å². The molecule has 0 bridgehead atoms. The Morgan fingerprint density at radius 2 is 2.04 bits per heavy atom. The van der Waals surface area contributed by atoms with Crippen molar-refractivity contribution in [1.82, 2.24) is 10.6 Å². The minimum absolute atomic E-state index is 0. The number of ether oxygens (including phenoxy) is 1. The van der Waals surface area contributed by atoms with Crippen molar-refractivity contribution in [3.8, 4) is 5.75 Å². The number of carbonyl (C=O) groups excluding carboxylic acids is 1. The number of primary amides is 1. The molecule has 1 rings (SSSR count). The Hall–Kier alpha value is -1.51. The van der Waals surface area contributed by atoms with Gasteiger partial charge in [-0.1, -0.05) is 32.9 Å². The van der Waals surface area contributed by atoms with Crippen LogP contribution in [0.3, 0.4) is 0 Å². The van der Waals surface area contributed by atoms with Crippen molar-refractivity contribution in [2.45, 2.75) is 60.0 Å². The molecule has 0 saturated heterocycles. The first-order valence-corrected chi connectivity index (χ1v) is 9.24. The fourth-order valence-corrected chi connectivity index (χ4v) is 2.33. The highest BCUT2D eigenvalue weighted by atomic mass is 127. The molecule has 0 spiro atoms. The fourth-order valence-electron chi connectivity index (χ4n) is 2.33. The van der Waals surface area contributed by atoms with Crippen LogP contribution in [0.4, 0.5) is 0 Å². The number of nitrogens with zero attached hydrogens (tertiary/aromatic N) is 1. The first-order valence-electron chi connectivity index (χ1n) is 9.24. The lowest BCUT2D eigenvalue weighted by Gasteiger charge is -2.23. The van der Waals surface area contributed by atoms with Crippen LogP contribution in [0, 0.1) is 5.41 Å². The number of hydrogen-bond acceptors (Lipinski definition) is 3. The van der Waals surface area contributed by atoms with Gasteiger partial charge in [0.1, 0.15) is 5.75 Å². The van der Waals surface area contributed by atoms with Crippen molar-refractivity contribution in [2.75, 3.05) is 13.2 Å². The average molecular weight is 490 g/mol. The van der Waals surface area contributed by atoms with Crippen LogP contribution in [-0.2, 0) is 11.3 Å². The number of guanidine groups is 1. The molecule has 27 heavy (non-hydrogen) atoms. The SMILES string of the molecule is CCNC(=NCc1cccc(OCC(N)=O)c1)NC(C)CCC(C)(C)C.I. The highest BCUT2D eigenvalue weighted by Crippen LogP contribution is 2.21. The first-order chi connectivity index (χ1) is 12.2. The molecule has 0 aliphatic heterocycles. The molecule has 6 nitrogen and oxygen atoms in total. The Kier molecular flexibility index (Phi) is 12.1. The number of amides is 1. The van der Waals surface area contributed by atoms with Crippen LogP contribution >= 0.6 is 24.0 Å². The smallest absolute Gasteiger partial charge is 0.255 e. The topological polar surface area (TPSA) is 88.7 Å². The minimum Gasteiger partial charge on any atom is -0.484 e. The van der Waals surface area contributed by atoms with Crippen molar-refractivity contribution in [3.05, 3.63) is 29.8 Å². The Morgan fingerprint density at radius 1 is 1.33 bits per heavy atom. The first kappa shape index (κ1) is 25.5. The second kappa shape index (κ2) is 12.8. The Labute approximate surface area is 180 Å². The summed E-state index contributed by atoms with van der Waals surface area (Å²) in [6, 6.07) is 7.88. The molecule has 0 aromatic heterocycles. The summed E-state index contributed by atoms with van der Waals surface area (Å²) in [5.74, 6) is 0.932. The third kappa shape index (κ3) is 12.5. The quantitative estimate of drug-likeness (QED) is 0.281. The number of rotatable bonds is 9. The number of nitrogens with two attached hydrogens (primary N) is 1. The summed E-state index contributed by atoms with van der Waals surface area (Å²) in [4.78, 5) is 15.5. The van der Waals surface area contributed by atoms with Crippen LogP contribution in [0.2, 0.25) is 0 Å². The summed E-state index contributed by atoms with van der Waals surface area (Å²) in [6.45, 7) is 12.2. The van der Waals surface area contributed by atoms with Gasteiger partial charge in [-0.2, -0.15) is 0 Å². The van der Waals surface area contributed by atoms with Gasteiger partial charge in [-0.15, -0.1) is 24.0 Å². The van der Waals surface area contributed by atoms with Gasteiger partial charge in [0.25, 0.3) is 5.91 Å². The molecule has 0 saturated carbocycles. The lowest BCUT2D eigenvalue weighted by atomic mass is 9.89. The van der Waals surface area contributed by atoms with Gasteiger partial charge in [-0.25, -0.2) is 4.99 Å². The van der Waals surface area contributed by atoms with Crippen LogP contribution in [0.1, 0.15) is 53.0 Å². The molecular weight excluding hydrogens is 455 g/mol. The number of halogens is 1. The largest absolute Gasteiger partial charge is 0.484 e. The standard InChI is InChI=1S/C20H34N4O2.HI/c1-6-22-19(24-15(2)10-11-20(3,4)5)23-13-16-8-7-9-17(12-16)26-14-18(21)25;/h7-9,12,15H,6,10-11,13-14H2,1-5H3,(H2,21,25)(H2,22,23,24);1H. The van der Waals surface area contributed by atoms with Crippen molar-refractivity contribution >= 4 is 35.8 Å². The molecule has 4 N–H and O–H groups in total. The van der Waals surface area contributed by atoms with Gasteiger partial charge >= 0.3 is 0 Å². The molecular formula is C20H35IN4O2. The maximum absolute atomic E-state index is 10.8. The fraction of sp³-hybridized carbons (Fsp3) is 0.600. The molecule has 1 atom stereocenters. The number of nitrogens with one attached hydrogen (secondary N) is 2. The molecule has 0 aliphatic rings. The second-order valence-corrected chi connectivity index (χ2v) is 7.74. The third-order valence-electron chi connectivity index (χ3n) is 3.75. The lowest BCUT2D eigenvalue weighted by molar-refractivity contribution is -0.119. The summed E-state index contributed by atoms with van der Waals surface area (Å²) >= 11 is 0. The van der Waals surface area contributed by atoms with Crippen molar-refractivity contribution < 1.29 is 9.53 Å². The molecule has 1 aromatic carbocycles. The van der Waals surface area contributed by atoms with Gasteiger partial charge in [0, 0.05) is 12.6 Å². The molecule has 154 valence electrons.